The minimum absolute atomic E-state index is 1.22. The highest BCUT2D eigenvalue weighted by atomic mass is 15.1. The molecule has 0 fully saturated rings. The lowest BCUT2D eigenvalue weighted by Crippen LogP contribution is -2.20. The van der Waals surface area contributed by atoms with E-state index in [1.54, 1.807) is 0 Å². The third-order valence-electron chi connectivity index (χ3n) is 5.38. The van der Waals surface area contributed by atoms with Crippen molar-refractivity contribution in [3.63, 3.8) is 0 Å². The van der Waals surface area contributed by atoms with Gasteiger partial charge in [0.1, 0.15) is 0 Å². The fraction of sp³-hybridized carbons (Fsp3) is 0.692. The molecule has 1 aromatic rings. The summed E-state index contributed by atoms with van der Waals surface area (Å²) in [5.74, 6) is 0. The first kappa shape index (κ1) is 23.8. The monoisotopic (exact) mass is 371 g/mol. The Kier molecular flexibility index (Phi) is 16.0. The van der Waals surface area contributed by atoms with Gasteiger partial charge in [-0.3, -0.25) is 0 Å². The van der Waals surface area contributed by atoms with E-state index in [-0.39, 0.29) is 0 Å². The molecule has 1 heteroatoms. The Balaban J connectivity index is 2.27. The van der Waals surface area contributed by atoms with Crippen LogP contribution in [0.15, 0.2) is 36.5 Å². The van der Waals surface area contributed by atoms with Gasteiger partial charge in [-0.05, 0) is 30.7 Å². The van der Waals surface area contributed by atoms with E-state index in [2.05, 4.69) is 61.4 Å². The van der Waals surface area contributed by atoms with E-state index in [4.69, 9.17) is 0 Å². The summed E-state index contributed by atoms with van der Waals surface area (Å²) < 4.78 is 0. The Bertz CT molecular complexity index is 419. The van der Waals surface area contributed by atoms with E-state index in [1.165, 1.54) is 109 Å². The van der Waals surface area contributed by atoms with Crippen molar-refractivity contribution in [3.8, 4) is 0 Å². The summed E-state index contributed by atoms with van der Waals surface area (Å²) >= 11 is 0. The molecule has 0 spiro atoms. The molecule has 0 aliphatic rings. The van der Waals surface area contributed by atoms with Crippen LogP contribution in [0.1, 0.15) is 109 Å². The van der Waals surface area contributed by atoms with Crippen molar-refractivity contribution in [2.24, 2.45) is 0 Å². The average Bonchev–Trinajstić information content (AvgIpc) is 2.70. The lowest BCUT2D eigenvalue weighted by atomic mass is 10.1. The van der Waals surface area contributed by atoms with Crippen LogP contribution in [0.3, 0.4) is 0 Å². The van der Waals surface area contributed by atoms with E-state index in [1.807, 2.05) is 0 Å². The van der Waals surface area contributed by atoms with Gasteiger partial charge in [0.15, 0.2) is 0 Å². The second-order valence-electron chi connectivity index (χ2n) is 8.01. The van der Waals surface area contributed by atoms with Gasteiger partial charge in [0, 0.05) is 13.1 Å². The van der Waals surface area contributed by atoms with Crippen molar-refractivity contribution in [1.29, 1.82) is 0 Å². The fourth-order valence-electron chi connectivity index (χ4n) is 3.56. The molecule has 0 heterocycles. The predicted octanol–water partition coefficient (Wildman–Crippen LogP) is 8.46. The molecule has 27 heavy (non-hydrogen) atoms. The fourth-order valence-corrected chi connectivity index (χ4v) is 3.56. The van der Waals surface area contributed by atoms with Gasteiger partial charge in [-0.15, -0.1) is 0 Å². The van der Waals surface area contributed by atoms with Crippen molar-refractivity contribution < 1.29 is 0 Å². The maximum atomic E-state index is 2.56. The molecule has 0 unspecified atom stereocenters. The molecule has 1 rings (SSSR count). The number of hydrogen-bond donors (Lipinski definition) is 0. The van der Waals surface area contributed by atoms with Gasteiger partial charge >= 0.3 is 0 Å². The Hall–Kier alpha value is -1.24. The highest BCUT2D eigenvalue weighted by Crippen LogP contribution is 2.11. The summed E-state index contributed by atoms with van der Waals surface area (Å²) in [4.78, 5) is 2.56. The van der Waals surface area contributed by atoms with Crippen LogP contribution in [0.25, 0.3) is 6.08 Å². The molecule has 0 amide bonds. The van der Waals surface area contributed by atoms with Crippen LogP contribution in [0.5, 0.6) is 0 Å². The topological polar surface area (TPSA) is 3.24 Å². The molecule has 154 valence electrons. The second kappa shape index (κ2) is 18.1. The zero-order valence-corrected chi connectivity index (χ0v) is 18.3. The van der Waals surface area contributed by atoms with Crippen molar-refractivity contribution in [3.05, 3.63) is 42.1 Å². The van der Waals surface area contributed by atoms with E-state index in [9.17, 15) is 0 Å². The Morgan fingerprint density at radius 2 is 1.04 bits per heavy atom. The minimum atomic E-state index is 1.22. The molecular formula is C26H45N. The molecule has 0 radical (unpaired) electrons. The first-order valence-electron chi connectivity index (χ1n) is 11.8. The van der Waals surface area contributed by atoms with Gasteiger partial charge in [-0.1, -0.05) is 121 Å². The zero-order chi connectivity index (χ0) is 19.4. The van der Waals surface area contributed by atoms with Gasteiger partial charge in [0.25, 0.3) is 0 Å². The number of unbranched alkanes of at least 4 members (excludes halogenated alkanes) is 12. The molecule has 0 N–H and O–H groups in total. The molecular weight excluding hydrogens is 326 g/mol. The summed E-state index contributed by atoms with van der Waals surface area (Å²) in [5, 5.41) is 0. The Morgan fingerprint density at radius 3 is 1.52 bits per heavy atom. The second-order valence-corrected chi connectivity index (χ2v) is 8.01. The van der Waals surface area contributed by atoms with Gasteiger partial charge < -0.3 is 4.90 Å². The number of rotatable bonds is 18. The summed E-state index contributed by atoms with van der Waals surface area (Å²) in [5.41, 5.74) is 1.31. The molecule has 0 aliphatic heterocycles. The summed E-state index contributed by atoms with van der Waals surface area (Å²) in [6, 6.07) is 10.7. The number of nitrogens with zero attached hydrogens (tertiary/aromatic N) is 1. The van der Waals surface area contributed by atoms with Crippen LogP contribution in [0.2, 0.25) is 0 Å². The van der Waals surface area contributed by atoms with E-state index < -0.39 is 0 Å². The van der Waals surface area contributed by atoms with Gasteiger partial charge in [0.2, 0.25) is 0 Å². The number of hydrogen-bond acceptors (Lipinski definition) is 1. The van der Waals surface area contributed by atoms with Crippen LogP contribution in [-0.4, -0.2) is 18.0 Å². The van der Waals surface area contributed by atoms with Crippen molar-refractivity contribution >= 4 is 6.08 Å². The van der Waals surface area contributed by atoms with Crippen molar-refractivity contribution in [2.75, 3.05) is 13.1 Å². The van der Waals surface area contributed by atoms with Crippen LogP contribution in [0.4, 0.5) is 0 Å². The smallest absolute Gasteiger partial charge is 0.0172 e. The van der Waals surface area contributed by atoms with Gasteiger partial charge in [0.05, 0.1) is 0 Å². The van der Waals surface area contributed by atoms with Crippen LogP contribution in [0, 0.1) is 0 Å². The molecule has 1 nitrogen and oxygen atoms in total. The van der Waals surface area contributed by atoms with Crippen LogP contribution < -0.4 is 0 Å². The molecule has 0 saturated heterocycles. The van der Waals surface area contributed by atoms with E-state index in [0.29, 0.717) is 0 Å². The molecule has 0 aromatic heterocycles. The average molecular weight is 372 g/mol. The standard InChI is InChI=1S/C26H45N/c1-3-5-7-9-11-13-18-23-27(24-19-14-12-10-8-6-4-2)25-22-26-20-16-15-17-21-26/h15-17,20-22,25H,3-14,18-19,23-24H2,1-2H3. The molecule has 0 saturated carbocycles. The lowest BCUT2D eigenvalue weighted by Gasteiger charge is -2.20. The van der Waals surface area contributed by atoms with Gasteiger partial charge in [-0.25, -0.2) is 0 Å². The maximum Gasteiger partial charge on any atom is 0.0172 e. The SMILES string of the molecule is CCCCCCCCCN(C=Cc1ccccc1)CCCCCCCCC. The number of benzene rings is 1. The molecule has 0 bridgehead atoms. The van der Waals surface area contributed by atoms with Crippen molar-refractivity contribution in [2.45, 2.75) is 104 Å². The largest absolute Gasteiger partial charge is 0.377 e. The highest BCUT2D eigenvalue weighted by molar-refractivity contribution is 5.48. The minimum Gasteiger partial charge on any atom is -0.377 e. The van der Waals surface area contributed by atoms with Crippen LogP contribution >= 0.6 is 0 Å². The summed E-state index contributed by atoms with van der Waals surface area (Å²) in [6.45, 7) is 7.02. The molecule has 1 aromatic carbocycles. The molecule has 0 atom stereocenters. The predicted molar refractivity (Wildman–Crippen MR) is 123 cm³/mol. The first-order chi connectivity index (χ1) is 13.4. The third-order valence-corrected chi connectivity index (χ3v) is 5.38. The first-order valence-corrected chi connectivity index (χ1v) is 11.8. The van der Waals surface area contributed by atoms with Crippen molar-refractivity contribution in [1.82, 2.24) is 4.90 Å². The van der Waals surface area contributed by atoms with E-state index >= 15 is 0 Å². The molecule has 0 aliphatic carbocycles. The normalized spacial score (nSPS) is 11.3. The zero-order valence-electron chi connectivity index (χ0n) is 18.3. The summed E-state index contributed by atoms with van der Waals surface area (Å²) in [7, 11) is 0. The van der Waals surface area contributed by atoms with Gasteiger partial charge in [-0.2, -0.15) is 0 Å². The lowest BCUT2D eigenvalue weighted by molar-refractivity contribution is 0.351. The third kappa shape index (κ3) is 14.5. The quantitative estimate of drug-likeness (QED) is 0.234. The van der Waals surface area contributed by atoms with E-state index in [0.717, 1.165) is 0 Å². The van der Waals surface area contributed by atoms with Crippen LogP contribution in [-0.2, 0) is 0 Å². The Morgan fingerprint density at radius 1 is 0.593 bits per heavy atom. The maximum absolute atomic E-state index is 2.56. The highest BCUT2D eigenvalue weighted by Gasteiger charge is 2.00. The summed E-state index contributed by atoms with van der Waals surface area (Å²) in [6.07, 6.45) is 24.1. The Labute approximate surface area is 170 Å².